The van der Waals surface area contributed by atoms with Gasteiger partial charge < -0.3 is 15.4 Å². The fourth-order valence-corrected chi connectivity index (χ4v) is 3.18. The van der Waals surface area contributed by atoms with Gasteiger partial charge in [-0.1, -0.05) is 36.8 Å². The Morgan fingerprint density at radius 3 is 2.70 bits per heavy atom. The van der Waals surface area contributed by atoms with Crippen LogP contribution in [0.1, 0.15) is 37.7 Å². The van der Waals surface area contributed by atoms with Crippen molar-refractivity contribution in [1.82, 2.24) is 10.6 Å². The molecule has 1 saturated carbocycles. The molecule has 0 unspecified atom stereocenters. The molecule has 0 radical (unpaired) electrons. The lowest BCUT2D eigenvalue weighted by molar-refractivity contribution is 0.125. The monoisotopic (exact) mass is 336 g/mol. The Kier molecular flexibility index (Phi) is 8.32. The van der Waals surface area contributed by atoms with E-state index in [1.807, 2.05) is 42.1 Å². The highest BCUT2D eigenvalue weighted by Crippen LogP contribution is 2.20. The van der Waals surface area contributed by atoms with E-state index in [1.165, 1.54) is 25.0 Å². The van der Waals surface area contributed by atoms with Crippen molar-refractivity contribution in [2.45, 2.75) is 50.8 Å². The molecule has 2 rings (SSSR count). The van der Waals surface area contributed by atoms with Crippen LogP contribution in [0.15, 0.2) is 30.3 Å². The molecule has 1 aromatic carbocycles. The molecule has 0 aliphatic heterocycles. The van der Waals surface area contributed by atoms with E-state index in [0.29, 0.717) is 12.6 Å². The molecule has 1 fully saturated rings. The van der Waals surface area contributed by atoms with E-state index in [-0.39, 0.29) is 12.1 Å². The van der Waals surface area contributed by atoms with Crippen LogP contribution in [0.25, 0.3) is 0 Å². The number of nitrogens with one attached hydrogen (secondary N) is 2. The number of ether oxygens (including phenoxy) is 1. The Labute approximate surface area is 143 Å². The third kappa shape index (κ3) is 7.27. The third-order valence-corrected chi connectivity index (χ3v) is 4.83. The Morgan fingerprint density at radius 1 is 1.17 bits per heavy atom. The van der Waals surface area contributed by atoms with Crippen molar-refractivity contribution < 1.29 is 9.53 Å². The SMILES string of the molecule is CSCCCCCNC1CC(NC(=O)OCc2ccccc2)C1. The lowest BCUT2D eigenvalue weighted by Gasteiger charge is -2.36. The zero-order chi connectivity index (χ0) is 16.3. The third-order valence-electron chi connectivity index (χ3n) is 4.13. The lowest BCUT2D eigenvalue weighted by atomic mass is 9.87. The Bertz CT molecular complexity index is 450. The van der Waals surface area contributed by atoms with Gasteiger partial charge in [0.15, 0.2) is 0 Å². The van der Waals surface area contributed by atoms with E-state index in [2.05, 4.69) is 16.9 Å². The molecule has 0 aromatic heterocycles. The largest absolute Gasteiger partial charge is 0.445 e. The number of thioether (sulfide) groups is 1. The van der Waals surface area contributed by atoms with Gasteiger partial charge >= 0.3 is 6.09 Å². The number of carbonyl (C=O) groups excluding carboxylic acids is 1. The number of amides is 1. The number of unbranched alkanes of at least 4 members (excludes halogenated alkanes) is 2. The molecular formula is C18H28N2O2S. The van der Waals surface area contributed by atoms with Crippen LogP contribution in [-0.2, 0) is 11.3 Å². The molecule has 4 nitrogen and oxygen atoms in total. The average molecular weight is 337 g/mol. The molecule has 2 N–H and O–H groups in total. The van der Waals surface area contributed by atoms with Gasteiger partial charge in [-0.3, -0.25) is 0 Å². The molecule has 0 bridgehead atoms. The summed E-state index contributed by atoms with van der Waals surface area (Å²) in [7, 11) is 0. The first-order valence-electron chi connectivity index (χ1n) is 8.47. The highest BCUT2D eigenvalue weighted by molar-refractivity contribution is 7.98. The van der Waals surface area contributed by atoms with E-state index in [4.69, 9.17) is 4.74 Å². The van der Waals surface area contributed by atoms with E-state index >= 15 is 0 Å². The quantitative estimate of drug-likeness (QED) is 0.641. The van der Waals surface area contributed by atoms with Crippen molar-refractivity contribution in [3.63, 3.8) is 0 Å². The second-order valence-electron chi connectivity index (χ2n) is 6.08. The number of hydrogen-bond acceptors (Lipinski definition) is 4. The lowest BCUT2D eigenvalue weighted by Crippen LogP contribution is -2.52. The van der Waals surface area contributed by atoms with Crippen LogP contribution in [0.2, 0.25) is 0 Å². The van der Waals surface area contributed by atoms with Crippen LogP contribution in [-0.4, -0.2) is 36.7 Å². The van der Waals surface area contributed by atoms with Gasteiger partial charge in [-0.15, -0.1) is 0 Å². The van der Waals surface area contributed by atoms with Gasteiger partial charge in [0.2, 0.25) is 0 Å². The smallest absolute Gasteiger partial charge is 0.407 e. The summed E-state index contributed by atoms with van der Waals surface area (Å²) in [6, 6.07) is 10.6. The second kappa shape index (κ2) is 10.6. The molecule has 0 spiro atoms. The molecule has 23 heavy (non-hydrogen) atoms. The average Bonchev–Trinajstić information content (AvgIpc) is 2.54. The molecule has 1 aromatic rings. The summed E-state index contributed by atoms with van der Waals surface area (Å²) in [5, 5.41) is 6.49. The maximum absolute atomic E-state index is 11.7. The van der Waals surface area contributed by atoms with Gasteiger partial charge in [-0.25, -0.2) is 4.79 Å². The summed E-state index contributed by atoms with van der Waals surface area (Å²) >= 11 is 1.92. The van der Waals surface area contributed by atoms with Crippen molar-refractivity contribution in [1.29, 1.82) is 0 Å². The van der Waals surface area contributed by atoms with Crippen LogP contribution in [0.3, 0.4) is 0 Å². The Balaban J connectivity index is 1.46. The minimum absolute atomic E-state index is 0.257. The predicted molar refractivity (Wildman–Crippen MR) is 96.8 cm³/mol. The molecule has 1 aliphatic carbocycles. The first kappa shape index (κ1) is 18.1. The van der Waals surface area contributed by atoms with Crippen molar-refractivity contribution >= 4 is 17.9 Å². The van der Waals surface area contributed by atoms with Crippen LogP contribution < -0.4 is 10.6 Å². The zero-order valence-corrected chi connectivity index (χ0v) is 14.7. The van der Waals surface area contributed by atoms with Crippen molar-refractivity contribution in [2.24, 2.45) is 0 Å². The number of carbonyl (C=O) groups is 1. The zero-order valence-electron chi connectivity index (χ0n) is 13.9. The van der Waals surface area contributed by atoms with Crippen LogP contribution >= 0.6 is 11.8 Å². The molecule has 1 aliphatic rings. The molecule has 1 amide bonds. The summed E-state index contributed by atoms with van der Waals surface area (Å²) in [5.41, 5.74) is 1.01. The summed E-state index contributed by atoms with van der Waals surface area (Å²) in [6.45, 7) is 1.42. The van der Waals surface area contributed by atoms with Gasteiger partial charge in [-0.2, -0.15) is 11.8 Å². The van der Waals surface area contributed by atoms with Crippen LogP contribution in [0.5, 0.6) is 0 Å². The van der Waals surface area contributed by atoms with Gasteiger partial charge in [0.05, 0.1) is 0 Å². The molecular weight excluding hydrogens is 308 g/mol. The predicted octanol–water partition coefficient (Wildman–Crippen LogP) is 3.57. The summed E-state index contributed by atoms with van der Waals surface area (Å²) in [6.07, 6.45) is 7.71. The topological polar surface area (TPSA) is 50.4 Å². The highest BCUT2D eigenvalue weighted by atomic mass is 32.2. The van der Waals surface area contributed by atoms with Gasteiger partial charge in [-0.05, 0) is 49.8 Å². The van der Waals surface area contributed by atoms with Crippen molar-refractivity contribution in [3.8, 4) is 0 Å². The minimum Gasteiger partial charge on any atom is -0.445 e. The fraction of sp³-hybridized carbons (Fsp3) is 0.611. The highest BCUT2D eigenvalue weighted by Gasteiger charge is 2.29. The number of hydrogen-bond donors (Lipinski definition) is 2. The van der Waals surface area contributed by atoms with Crippen LogP contribution in [0.4, 0.5) is 4.79 Å². The van der Waals surface area contributed by atoms with E-state index in [9.17, 15) is 4.79 Å². The summed E-state index contributed by atoms with van der Waals surface area (Å²) < 4.78 is 5.23. The van der Waals surface area contributed by atoms with Gasteiger partial charge in [0.25, 0.3) is 0 Å². The number of benzene rings is 1. The van der Waals surface area contributed by atoms with Crippen molar-refractivity contribution in [3.05, 3.63) is 35.9 Å². The molecule has 128 valence electrons. The van der Waals surface area contributed by atoms with Gasteiger partial charge in [0, 0.05) is 12.1 Å². The van der Waals surface area contributed by atoms with E-state index in [0.717, 1.165) is 24.9 Å². The fourth-order valence-electron chi connectivity index (χ4n) is 2.69. The van der Waals surface area contributed by atoms with Gasteiger partial charge in [0.1, 0.15) is 6.61 Å². The molecule has 5 heteroatoms. The first-order valence-corrected chi connectivity index (χ1v) is 9.87. The second-order valence-corrected chi connectivity index (χ2v) is 7.06. The summed E-state index contributed by atoms with van der Waals surface area (Å²) in [4.78, 5) is 11.7. The van der Waals surface area contributed by atoms with Crippen LogP contribution in [0, 0.1) is 0 Å². The van der Waals surface area contributed by atoms with E-state index in [1.54, 1.807) is 0 Å². The molecule has 0 saturated heterocycles. The first-order chi connectivity index (χ1) is 11.3. The normalized spacial score (nSPS) is 19.9. The number of alkyl carbamates (subject to hydrolysis) is 1. The molecule has 0 heterocycles. The standard InChI is InChI=1S/C18H28N2O2S/c1-23-11-7-3-6-10-19-16-12-17(13-16)20-18(21)22-14-15-8-4-2-5-9-15/h2,4-5,8-9,16-17,19H,3,6-7,10-14H2,1H3,(H,20,21). The maximum Gasteiger partial charge on any atom is 0.407 e. The van der Waals surface area contributed by atoms with Crippen molar-refractivity contribution in [2.75, 3.05) is 18.6 Å². The minimum atomic E-state index is -0.311. The Morgan fingerprint density at radius 2 is 1.96 bits per heavy atom. The van der Waals surface area contributed by atoms with E-state index < -0.39 is 0 Å². The summed E-state index contributed by atoms with van der Waals surface area (Å²) in [5.74, 6) is 1.26. The molecule has 0 atom stereocenters. The maximum atomic E-state index is 11.7. The Hall–Kier alpha value is -1.20. The number of rotatable bonds is 10.